The summed E-state index contributed by atoms with van der Waals surface area (Å²) < 4.78 is 10.6. The lowest BCUT2D eigenvalue weighted by Gasteiger charge is -2.08. The van der Waals surface area contributed by atoms with Crippen LogP contribution in [0.25, 0.3) is 0 Å². The lowest BCUT2D eigenvalue weighted by atomic mass is 10.2. The molecule has 1 aromatic heterocycles. The van der Waals surface area contributed by atoms with Gasteiger partial charge in [-0.05, 0) is 28.9 Å². The molecule has 0 atom stereocenters. The van der Waals surface area contributed by atoms with Gasteiger partial charge < -0.3 is 9.47 Å². The monoisotopic (exact) mass is 273 g/mol. The number of aromatic nitrogens is 1. The fraction of sp³-hybridized carbons (Fsp3) is 0.400. The third kappa shape index (κ3) is 3.20. The fourth-order valence-electron chi connectivity index (χ4n) is 1.16. The SMILES string of the molecule is CCOC(=O)Cc1c(OC)ccnc1Br. The molecule has 15 heavy (non-hydrogen) atoms. The highest BCUT2D eigenvalue weighted by molar-refractivity contribution is 9.10. The number of pyridine rings is 1. The fourth-order valence-corrected chi connectivity index (χ4v) is 1.61. The lowest BCUT2D eigenvalue weighted by molar-refractivity contribution is -0.142. The van der Waals surface area contributed by atoms with E-state index in [9.17, 15) is 4.79 Å². The van der Waals surface area contributed by atoms with Crippen LogP contribution in [0, 0.1) is 0 Å². The maximum atomic E-state index is 11.3. The second-order valence-electron chi connectivity index (χ2n) is 2.76. The molecular formula is C10H12BrNO3. The molecule has 0 N–H and O–H groups in total. The van der Waals surface area contributed by atoms with Gasteiger partial charge in [0.25, 0.3) is 0 Å². The number of halogens is 1. The molecular weight excluding hydrogens is 262 g/mol. The molecule has 82 valence electrons. The topological polar surface area (TPSA) is 48.4 Å². The zero-order chi connectivity index (χ0) is 11.3. The number of rotatable bonds is 4. The van der Waals surface area contributed by atoms with Gasteiger partial charge >= 0.3 is 5.97 Å². The Balaban J connectivity index is 2.87. The second kappa shape index (κ2) is 5.70. The number of carbonyl (C=O) groups excluding carboxylic acids is 1. The molecule has 4 nitrogen and oxygen atoms in total. The van der Waals surface area contributed by atoms with Crippen LogP contribution < -0.4 is 4.74 Å². The molecule has 0 fully saturated rings. The molecule has 0 aliphatic carbocycles. The van der Waals surface area contributed by atoms with Crippen molar-refractivity contribution >= 4 is 21.9 Å². The standard InChI is InChI=1S/C10H12BrNO3/c1-3-15-9(13)6-7-8(14-2)4-5-12-10(7)11/h4-5H,3,6H2,1-2H3. The summed E-state index contributed by atoms with van der Waals surface area (Å²) in [5, 5.41) is 0. The summed E-state index contributed by atoms with van der Waals surface area (Å²) in [5.74, 6) is 0.342. The van der Waals surface area contributed by atoms with Gasteiger partial charge in [0.15, 0.2) is 0 Å². The molecule has 1 heterocycles. The maximum absolute atomic E-state index is 11.3. The average molecular weight is 274 g/mol. The van der Waals surface area contributed by atoms with Crippen molar-refractivity contribution in [1.82, 2.24) is 4.98 Å². The van der Waals surface area contributed by atoms with Crippen LogP contribution in [0.2, 0.25) is 0 Å². The number of hydrogen-bond acceptors (Lipinski definition) is 4. The highest BCUT2D eigenvalue weighted by atomic mass is 79.9. The van der Waals surface area contributed by atoms with E-state index in [4.69, 9.17) is 9.47 Å². The van der Waals surface area contributed by atoms with Crippen LogP contribution in [0.3, 0.4) is 0 Å². The average Bonchev–Trinajstić information content (AvgIpc) is 2.21. The number of ether oxygens (including phenoxy) is 2. The van der Waals surface area contributed by atoms with E-state index in [-0.39, 0.29) is 12.4 Å². The molecule has 0 unspecified atom stereocenters. The van der Waals surface area contributed by atoms with Crippen molar-refractivity contribution in [3.05, 3.63) is 22.4 Å². The van der Waals surface area contributed by atoms with Gasteiger partial charge in [0, 0.05) is 11.8 Å². The highest BCUT2D eigenvalue weighted by Crippen LogP contribution is 2.25. The number of nitrogens with zero attached hydrogens (tertiary/aromatic N) is 1. The van der Waals surface area contributed by atoms with Crippen LogP contribution in [0.1, 0.15) is 12.5 Å². The summed E-state index contributed by atoms with van der Waals surface area (Å²) in [7, 11) is 1.55. The van der Waals surface area contributed by atoms with Gasteiger partial charge in [-0.2, -0.15) is 0 Å². The van der Waals surface area contributed by atoms with Gasteiger partial charge in [0.05, 0.1) is 20.1 Å². The largest absolute Gasteiger partial charge is 0.496 e. The molecule has 0 aliphatic heterocycles. The summed E-state index contributed by atoms with van der Waals surface area (Å²) >= 11 is 3.27. The minimum atomic E-state index is -0.287. The lowest BCUT2D eigenvalue weighted by Crippen LogP contribution is -2.09. The van der Waals surface area contributed by atoms with Gasteiger partial charge in [-0.1, -0.05) is 0 Å². The van der Waals surface area contributed by atoms with Gasteiger partial charge in [-0.15, -0.1) is 0 Å². The molecule has 1 aromatic rings. The second-order valence-corrected chi connectivity index (χ2v) is 3.52. The van der Waals surface area contributed by atoms with E-state index in [2.05, 4.69) is 20.9 Å². The summed E-state index contributed by atoms with van der Waals surface area (Å²) in [6.07, 6.45) is 1.77. The Kier molecular flexibility index (Phi) is 4.55. The Morgan fingerprint density at radius 1 is 1.60 bits per heavy atom. The first kappa shape index (κ1) is 12.0. The van der Waals surface area contributed by atoms with Crippen LogP contribution in [0.15, 0.2) is 16.9 Å². The number of esters is 1. The molecule has 1 rings (SSSR count). The first-order chi connectivity index (χ1) is 7.19. The van der Waals surface area contributed by atoms with Gasteiger partial charge in [-0.25, -0.2) is 4.98 Å². The van der Waals surface area contributed by atoms with Crippen LogP contribution in [0.5, 0.6) is 5.75 Å². The Labute approximate surface area is 96.7 Å². The van der Waals surface area contributed by atoms with Crippen LogP contribution in [-0.2, 0) is 16.0 Å². The Morgan fingerprint density at radius 2 is 2.33 bits per heavy atom. The van der Waals surface area contributed by atoms with Crippen LogP contribution >= 0.6 is 15.9 Å². The van der Waals surface area contributed by atoms with Crippen molar-refractivity contribution in [3.63, 3.8) is 0 Å². The van der Waals surface area contributed by atoms with E-state index in [1.807, 2.05) is 0 Å². The zero-order valence-corrected chi connectivity index (χ0v) is 10.2. The molecule has 5 heteroatoms. The predicted octanol–water partition coefficient (Wildman–Crippen LogP) is 1.96. The Bertz CT molecular complexity index is 355. The van der Waals surface area contributed by atoms with Gasteiger partial charge in [-0.3, -0.25) is 4.79 Å². The van der Waals surface area contributed by atoms with Crippen molar-refractivity contribution in [2.75, 3.05) is 13.7 Å². The minimum absolute atomic E-state index is 0.158. The third-order valence-electron chi connectivity index (χ3n) is 1.81. The summed E-state index contributed by atoms with van der Waals surface area (Å²) in [4.78, 5) is 15.3. The van der Waals surface area contributed by atoms with Crippen molar-refractivity contribution in [2.24, 2.45) is 0 Å². The van der Waals surface area contributed by atoms with Crippen molar-refractivity contribution in [1.29, 1.82) is 0 Å². The Hall–Kier alpha value is -1.10. The van der Waals surface area contributed by atoms with Crippen LogP contribution in [-0.4, -0.2) is 24.7 Å². The van der Waals surface area contributed by atoms with E-state index in [1.165, 1.54) is 0 Å². The zero-order valence-electron chi connectivity index (χ0n) is 8.62. The smallest absolute Gasteiger partial charge is 0.310 e. The molecule has 0 saturated heterocycles. The molecule has 0 spiro atoms. The van der Waals surface area contributed by atoms with Crippen LogP contribution in [0.4, 0.5) is 0 Å². The van der Waals surface area contributed by atoms with Crippen molar-refractivity contribution < 1.29 is 14.3 Å². The summed E-state index contributed by atoms with van der Waals surface area (Å²) in [6, 6.07) is 1.71. The molecule has 0 radical (unpaired) electrons. The first-order valence-electron chi connectivity index (χ1n) is 4.52. The maximum Gasteiger partial charge on any atom is 0.310 e. The molecule has 0 aliphatic rings. The summed E-state index contributed by atoms with van der Waals surface area (Å²) in [5.41, 5.74) is 0.707. The van der Waals surface area contributed by atoms with E-state index in [0.29, 0.717) is 22.5 Å². The highest BCUT2D eigenvalue weighted by Gasteiger charge is 2.13. The minimum Gasteiger partial charge on any atom is -0.496 e. The van der Waals surface area contributed by atoms with Crippen molar-refractivity contribution in [3.8, 4) is 5.75 Å². The normalized spacial score (nSPS) is 9.80. The summed E-state index contributed by atoms with van der Waals surface area (Å²) in [6.45, 7) is 2.15. The molecule has 0 amide bonds. The Morgan fingerprint density at radius 3 is 2.93 bits per heavy atom. The number of hydrogen-bond donors (Lipinski definition) is 0. The molecule has 0 aromatic carbocycles. The number of methoxy groups -OCH3 is 1. The van der Waals surface area contributed by atoms with E-state index < -0.39 is 0 Å². The van der Waals surface area contributed by atoms with Gasteiger partial charge in [0.1, 0.15) is 10.4 Å². The molecule has 0 saturated carbocycles. The van der Waals surface area contributed by atoms with Gasteiger partial charge in [0.2, 0.25) is 0 Å². The van der Waals surface area contributed by atoms with E-state index in [1.54, 1.807) is 26.3 Å². The molecule has 0 bridgehead atoms. The third-order valence-corrected chi connectivity index (χ3v) is 2.49. The van der Waals surface area contributed by atoms with Crippen molar-refractivity contribution in [2.45, 2.75) is 13.3 Å². The predicted molar refractivity (Wildman–Crippen MR) is 58.8 cm³/mol. The number of carbonyl (C=O) groups is 1. The first-order valence-corrected chi connectivity index (χ1v) is 5.31. The quantitative estimate of drug-likeness (QED) is 0.622. The van der Waals surface area contributed by atoms with E-state index >= 15 is 0 Å². The van der Waals surface area contributed by atoms with E-state index in [0.717, 1.165) is 0 Å².